The van der Waals surface area contributed by atoms with Crippen LogP contribution in [-0.2, 0) is 20.7 Å². The molecule has 0 aliphatic heterocycles. The van der Waals surface area contributed by atoms with Crippen LogP contribution >= 0.6 is 0 Å². The van der Waals surface area contributed by atoms with Crippen LogP contribution in [-0.4, -0.2) is 60.9 Å². The molecule has 1 aromatic carbocycles. The van der Waals surface area contributed by atoms with E-state index in [1.165, 1.54) is 13.1 Å². The van der Waals surface area contributed by atoms with E-state index in [2.05, 4.69) is 25.8 Å². The van der Waals surface area contributed by atoms with E-state index in [9.17, 15) is 27.6 Å². The molecule has 15 heteroatoms. The van der Waals surface area contributed by atoms with Gasteiger partial charge in [0.1, 0.15) is 23.0 Å². The molecule has 2 N–H and O–H groups in total. The summed E-state index contributed by atoms with van der Waals surface area (Å²) in [7, 11) is 0. The van der Waals surface area contributed by atoms with E-state index < -0.39 is 47.8 Å². The number of nitrogens with zero attached hydrogens (tertiary/aromatic N) is 4. The number of aryl methyl sites for hydroxylation is 3. The first-order chi connectivity index (χ1) is 21.3. The van der Waals surface area contributed by atoms with E-state index in [-0.39, 0.29) is 18.1 Å². The number of rotatable bonds is 9. The van der Waals surface area contributed by atoms with Crippen LogP contribution in [0.5, 0.6) is 0 Å². The van der Waals surface area contributed by atoms with Crippen LogP contribution in [0.3, 0.4) is 0 Å². The Morgan fingerprint density at radius 2 is 1.76 bits per heavy atom. The molecule has 3 heterocycles. The number of hydrogen-bond acceptors (Lipinski definition) is 9. The number of carbonyl (C=O) groups is 3. The maximum Gasteiger partial charge on any atom is 0.428 e. The Hall–Kier alpha value is -4.95. The molecule has 2 amide bonds. The van der Waals surface area contributed by atoms with Gasteiger partial charge in [0.15, 0.2) is 0 Å². The Labute approximate surface area is 262 Å². The second-order valence-electron chi connectivity index (χ2n) is 12.1. The number of ether oxygens (including phenoxy) is 2. The summed E-state index contributed by atoms with van der Waals surface area (Å²) in [5.41, 5.74) is -0.217. The Bertz CT molecular complexity index is 1760. The molecular weight excluding hydrogens is 609 g/mol. The van der Waals surface area contributed by atoms with Crippen molar-refractivity contribution in [1.82, 2.24) is 24.8 Å². The Morgan fingerprint density at radius 3 is 2.43 bits per heavy atom. The smallest absolute Gasteiger partial charge is 0.428 e. The van der Waals surface area contributed by atoms with Gasteiger partial charge >= 0.3 is 18.2 Å². The van der Waals surface area contributed by atoms with Crippen LogP contribution in [0.25, 0.3) is 17.0 Å². The minimum atomic E-state index is -4.96. The fourth-order valence-electron chi connectivity index (χ4n) is 4.26. The van der Waals surface area contributed by atoms with E-state index in [1.54, 1.807) is 56.5 Å². The number of carbonyl (C=O) groups excluding carboxylic acids is 3. The van der Waals surface area contributed by atoms with Crippen LogP contribution in [0.4, 0.5) is 23.7 Å². The fourth-order valence-corrected chi connectivity index (χ4v) is 4.26. The molecule has 2 atom stereocenters. The molecular formula is C31H35F3N6O6. The number of hydrogen-bond donors (Lipinski definition) is 2. The van der Waals surface area contributed by atoms with E-state index in [1.807, 2.05) is 19.1 Å². The number of alkyl halides is 3. The highest BCUT2D eigenvalue weighted by Crippen LogP contribution is 2.37. The Kier molecular flexibility index (Phi) is 9.45. The van der Waals surface area contributed by atoms with E-state index in [0.717, 1.165) is 18.1 Å². The van der Waals surface area contributed by atoms with Crippen LogP contribution in [0.15, 0.2) is 47.2 Å². The number of benzene rings is 1. The van der Waals surface area contributed by atoms with Crippen LogP contribution < -0.4 is 10.6 Å². The first-order valence-electron chi connectivity index (χ1n) is 14.3. The number of halogens is 3. The predicted octanol–water partition coefficient (Wildman–Crippen LogP) is 5.96. The number of fused-ring (bicyclic) bond motifs is 1. The monoisotopic (exact) mass is 644 g/mol. The van der Waals surface area contributed by atoms with Crippen molar-refractivity contribution in [2.24, 2.45) is 0 Å². The van der Waals surface area contributed by atoms with Gasteiger partial charge < -0.3 is 24.6 Å². The third-order valence-electron chi connectivity index (χ3n) is 6.94. The van der Waals surface area contributed by atoms with E-state index in [0.29, 0.717) is 22.6 Å². The van der Waals surface area contributed by atoms with Gasteiger partial charge in [-0.3, -0.25) is 9.20 Å². The number of amides is 2. The summed E-state index contributed by atoms with van der Waals surface area (Å²) >= 11 is 0. The zero-order valence-electron chi connectivity index (χ0n) is 26.4. The molecule has 0 radical (unpaired) electrons. The minimum absolute atomic E-state index is 0.0802. The first kappa shape index (κ1) is 33.9. The second-order valence-corrected chi connectivity index (χ2v) is 12.1. The summed E-state index contributed by atoms with van der Waals surface area (Å²) in [5.74, 6) is -1.75. The highest BCUT2D eigenvalue weighted by molar-refractivity contribution is 6.04. The number of anilines is 1. The number of pyridine rings is 1. The maximum atomic E-state index is 14.1. The third kappa shape index (κ3) is 8.00. The summed E-state index contributed by atoms with van der Waals surface area (Å²) in [6.45, 7) is 10.4. The molecule has 4 aromatic rings. The van der Waals surface area contributed by atoms with Gasteiger partial charge in [-0.25, -0.2) is 14.6 Å². The number of aromatic nitrogens is 4. The summed E-state index contributed by atoms with van der Waals surface area (Å²) in [5, 5.41) is 8.91. The van der Waals surface area contributed by atoms with Gasteiger partial charge in [-0.2, -0.15) is 18.2 Å². The molecule has 0 aliphatic rings. The lowest BCUT2D eigenvalue weighted by Gasteiger charge is -2.32. The van der Waals surface area contributed by atoms with Crippen LogP contribution in [0, 0.1) is 13.8 Å². The molecule has 0 saturated heterocycles. The lowest BCUT2D eigenvalue weighted by molar-refractivity contribution is -0.266. The number of alkyl carbamates (subject to hydrolysis) is 1. The molecule has 3 aromatic heterocycles. The van der Waals surface area contributed by atoms with Crippen molar-refractivity contribution in [2.75, 3.05) is 5.32 Å². The van der Waals surface area contributed by atoms with Gasteiger partial charge in [0.25, 0.3) is 5.91 Å². The standard InChI is InChI=1S/C31H35F3N6O6/c1-17-11-13-40-22(16-35-23(40)14-17)26(41)37-21-15-20(9-8-18(21)2)25-38-24(46-39-25)10-12-30(7,31(32,33)34)44-27(42)19(3)36-28(43)45-29(4,5)6/h8-9,11,13-16,19H,10,12H2,1-7H3,(H,36,43)(H,37,41). The van der Waals surface area contributed by atoms with Crippen LogP contribution in [0.1, 0.15) is 68.5 Å². The molecule has 0 bridgehead atoms. The topological polar surface area (TPSA) is 150 Å². The van der Waals surface area contributed by atoms with Gasteiger partial charge in [-0.15, -0.1) is 0 Å². The summed E-state index contributed by atoms with van der Waals surface area (Å²) in [6, 6.07) is 7.32. The summed E-state index contributed by atoms with van der Waals surface area (Å²) in [6.07, 6.45) is -3.83. The van der Waals surface area contributed by atoms with E-state index >= 15 is 0 Å². The van der Waals surface area contributed by atoms with Crippen molar-refractivity contribution in [3.8, 4) is 11.4 Å². The van der Waals surface area contributed by atoms with Crippen molar-refractivity contribution in [1.29, 1.82) is 0 Å². The first-order valence-corrected chi connectivity index (χ1v) is 14.3. The quantitative estimate of drug-likeness (QED) is 0.210. The third-order valence-corrected chi connectivity index (χ3v) is 6.94. The van der Waals surface area contributed by atoms with Crippen LogP contribution in [0.2, 0.25) is 0 Å². The largest absolute Gasteiger partial charge is 0.448 e. The zero-order valence-corrected chi connectivity index (χ0v) is 26.4. The summed E-state index contributed by atoms with van der Waals surface area (Å²) in [4.78, 5) is 46.1. The number of esters is 1. The highest BCUT2D eigenvalue weighted by Gasteiger charge is 2.54. The average Bonchev–Trinajstić information content (AvgIpc) is 3.58. The fraction of sp³-hybridized carbons (Fsp3) is 0.419. The molecule has 0 saturated carbocycles. The Morgan fingerprint density at radius 1 is 1.04 bits per heavy atom. The van der Waals surface area contributed by atoms with Gasteiger partial charge in [0, 0.05) is 30.3 Å². The van der Waals surface area contributed by atoms with Crippen molar-refractivity contribution in [2.45, 2.75) is 84.7 Å². The molecule has 12 nitrogen and oxygen atoms in total. The molecule has 0 fully saturated rings. The zero-order chi connectivity index (χ0) is 34.0. The predicted molar refractivity (Wildman–Crippen MR) is 160 cm³/mol. The number of nitrogens with one attached hydrogen (secondary N) is 2. The molecule has 2 unspecified atom stereocenters. The van der Waals surface area contributed by atoms with Gasteiger partial charge in [-0.05, 0) is 77.8 Å². The van der Waals surface area contributed by atoms with Gasteiger partial charge in [0.05, 0.1) is 6.20 Å². The normalized spacial score (nSPS) is 14.0. The molecule has 4 rings (SSSR count). The van der Waals surface area contributed by atoms with Crippen molar-refractivity contribution in [3.63, 3.8) is 0 Å². The van der Waals surface area contributed by atoms with Crippen molar-refractivity contribution in [3.05, 3.63) is 65.4 Å². The molecule has 46 heavy (non-hydrogen) atoms. The lowest BCUT2D eigenvalue weighted by atomic mass is 9.99. The van der Waals surface area contributed by atoms with Gasteiger partial charge in [0.2, 0.25) is 17.3 Å². The molecule has 0 aliphatic carbocycles. The molecule has 0 spiro atoms. The van der Waals surface area contributed by atoms with Gasteiger partial charge in [-0.1, -0.05) is 17.3 Å². The second kappa shape index (κ2) is 12.8. The van der Waals surface area contributed by atoms with Crippen molar-refractivity contribution >= 4 is 29.3 Å². The average molecular weight is 645 g/mol. The minimum Gasteiger partial charge on any atom is -0.448 e. The summed E-state index contributed by atoms with van der Waals surface area (Å²) < 4.78 is 59.0. The molecule has 246 valence electrons. The highest BCUT2D eigenvalue weighted by atomic mass is 19.4. The Balaban J connectivity index is 1.44. The van der Waals surface area contributed by atoms with Crippen molar-refractivity contribution < 1.29 is 41.6 Å². The number of imidazole rings is 1. The maximum absolute atomic E-state index is 14.1. The lowest BCUT2D eigenvalue weighted by Crippen LogP contribution is -2.51. The SMILES string of the molecule is Cc1ccn2c(C(=O)Nc3cc(-c4noc(CCC(C)(OC(=O)C(C)NC(=O)OC(C)(C)C)C(F)(F)F)n4)ccc3C)cnc2c1. The van der Waals surface area contributed by atoms with E-state index in [4.69, 9.17) is 14.0 Å².